The molecule has 2 aromatic rings. The molecular weight excluding hydrogens is 470 g/mol. The topological polar surface area (TPSA) is 113 Å². The van der Waals surface area contributed by atoms with Crippen LogP contribution in [0, 0.1) is 0 Å². The maximum atomic E-state index is 13.3. The van der Waals surface area contributed by atoms with Gasteiger partial charge < -0.3 is 15.0 Å². The molecule has 2 aromatic carbocycles. The number of nitrogens with one attached hydrogen (secondary N) is 1. The van der Waals surface area contributed by atoms with E-state index in [1.807, 2.05) is 6.92 Å². The average molecular weight is 502 g/mol. The smallest absolute Gasteiger partial charge is 0.269 e. The van der Waals surface area contributed by atoms with Crippen molar-refractivity contribution >= 4 is 27.7 Å². The minimum atomic E-state index is -4.02. The molecule has 1 unspecified atom stereocenters. The van der Waals surface area contributed by atoms with Gasteiger partial charge in [-0.15, -0.1) is 0 Å². The minimum Gasteiger partial charge on any atom is -0.497 e. The van der Waals surface area contributed by atoms with Crippen LogP contribution in [-0.4, -0.2) is 61.6 Å². The van der Waals surface area contributed by atoms with Crippen LogP contribution in [0.25, 0.3) is 0 Å². The number of hydrogen-bond donors (Lipinski definition) is 1. The van der Waals surface area contributed by atoms with Gasteiger partial charge in [0, 0.05) is 26.1 Å². The number of methoxy groups -OCH3 is 1. The molecule has 0 saturated carbocycles. The monoisotopic (exact) mass is 501 g/mol. The number of carbonyl (C=O) groups excluding carboxylic acids is 3. The van der Waals surface area contributed by atoms with Crippen molar-refractivity contribution in [3.8, 4) is 5.75 Å². The van der Waals surface area contributed by atoms with Crippen molar-refractivity contribution in [2.75, 3.05) is 20.2 Å². The highest BCUT2D eigenvalue weighted by molar-refractivity contribution is 7.90. The van der Waals surface area contributed by atoms with Crippen LogP contribution in [0.2, 0.25) is 0 Å². The summed E-state index contributed by atoms with van der Waals surface area (Å²) in [5.74, 6) is -0.717. The van der Waals surface area contributed by atoms with Crippen LogP contribution in [0.4, 0.5) is 0 Å². The first-order valence-corrected chi connectivity index (χ1v) is 13.0. The maximum absolute atomic E-state index is 13.3. The van der Waals surface area contributed by atoms with E-state index in [1.165, 1.54) is 17.0 Å². The average Bonchev–Trinajstić information content (AvgIpc) is 3.06. The number of nitrogens with zero attached hydrogens (tertiary/aromatic N) is 2. The number of ether oxygens (including phenoxy) is 1. The second-order valence-corrected chi connectivity index (χ2v) is 10.1. The van der Waals surface area contributed by atoms with Crippen LogP contribution in [-0.2, 0) is 26.2 Å². The number of sulfonamides is 1. The van der Waals surface area contributed by atoms with E-state index in [0.717, 1.165) is 22.7 Å². The third-order valence-corrected chi connectivity index (χ3v) is 7.79. The van der Waals surface area contributed by atoms with E-state index < -0.39 is 27.9 Å². The quantitative estimate of drug-likeness (QED) is 0.474. The third-order valence-electron chi connectivity index (χ3n) is 5.95. The molecule has 0 spiro atoms. The van der Waals surface area contributed by atoms with Crippen LogP contribution in [0.15, 0.2) is 53.4 Å². The van der Waals surface area contributed by atoms with Gasteiger partial charge >= 0.3 is 0 Å². The van der Waals surface area contributed by atoms with Gasteiger partial charge in [0.2, 0.25) is 11.8 Å². The van der Waals surface area contributed by atoms with E-state index in [2.05, 4.69) is 5.32 Å². The zero-order valence-corrected chi connectivity index (χ0v) is 21.0. The molecule has 0 aromatic heterocycles. The molecule has 1 heterocycles. The molecule has 0 saturated heterocycles. The van der Waals surface area contributed by atoms with Crippen molar-refractivity contribution in [1.82, 2.24) is 14.5 Å². The number of unbranched alkanes of at least 4 members (excludes halogenated alkanes) is 1. The predicted molar refractivity (Wildman–Crippen MR) is 130 cm³/mol. The van der Waals surface area contributed by atoms with Gasteiger partial charge in [0.05, 0.1) is 12.7 Å². The molecule has 1 N–H and O–H groups in total. The first-order valence-electron chi connectivity index (χ1n) is 11.6. The third kappa shape index (κ3) is 5.82. The van der Waals surface area contributed by atoms with Crippen LogP contribution in [0.5, 0.6) is 5.75 Å². The lowest BCUT2D eigenvalue weighted by molar-refractivity contribution is -0.140. The summed E-state index contributed by atoms with van der Waals surface area (Å²) < 4.78 is 31.5. The lowest BCUT2D eigenvalue weighted by Crippen LogP contribution is -2.48. The number of amides is 3. The highest BCUT2D eigenvalue weighted by Gasteiger charge is 2.41. The van der Waals surface area contributed by atoms with E-state index >= 15 is 0 Å². The number of carbonyl (C=O) groups is 3. The number of fused-ring (bicyclic) bond motifs is 1. The Labute approximate surface area is 206 Å². The zero-order valence-electron chi connectivity index (χ0n) is 20.2. The molecule has 3 amide bonds. The highest BCUT2D eigenvalue weighted by atomic mass is 32.2. The largest absolute Gasteiger partial charge is 0.497 e. The van der Waals surface area contributed by atoms with E-state index in [-0.39, 0.29) is 35.9 Å². The summed E-state index contributed by atoms with van der Waals surface area (Å²) in [6.45, 7) is 3.99. The molecule has 0 radical (unpaired) electrons. The summed E-state index contributed by atoms with van der Waals surface area (Å²) in [6, 6.07) is 12.3. The Balaban J connectivity index is 1.76. The molecule has 188 valence electrons. The Morgan fingerprint density at radius 1 is 1.11 bits per heavy atom. The van der Waals surface area contributed by atoms with E-state index in [9.17, 15) is 22.8 Å². The molecule has 1 aliphatic rings. The summed E-state index contributed by atoms with van der Waals surface area (Å²) in [4.78, 5) is 40.0. The van der Waals surface area contributed by atoms with Crippen LogP contribution in [0.3, 0.4) is 0 Å². The van der Waals surface area contributed by atoms with Gasteiger partial charge in [-0.25, -0.2) is 12.7 Å². The van der Waals surface area contributed by atoms with Crippen molar-refractivity contribution in [1.29, 1.82) is 0 Å². The molecule has 0 fully saturated rings. The van der Waals surface area contributed by atoms with Crippen molar-refractivity contribution in [2.24, 2.45) is 0 Å². The molecule has 1 aliphatic heterocycles. The van der Waals surface area contributed by atoms with Crippen LogP contribution < -0.4 is 10.1 Å². The number of benzene rings is 2. The summed E-state index contributed by atoms with van der Waals surface area (Å²) in [7, 11) is -2.46. The van der Waals surface area contributed by atoms with Gasteiger partial charge in [-0.3, -0.25) is 14.4 Å². The van der Waals surface area contributed by atoms with E-state index in [0.29, 0.717) is 12.3 Å². The van der Waals surface area contributed by atoms with Crippen LogP contribution in [0.1, 0.15) is 49.0 Å². The van der Waals surface area contributed by atoms with Gasteiger partial charge in [-0.05, 0) is 43.2 Å². The van der Waals surface area contributed by atoms with Crippen molar-refractivity contribution in [3.63, 3.8) is 0 Å². The van der Waals surface area contributed by atoms with Gasteiger partial charge in [-0.1, -0.05) is 37.6 Å². The van der Waals surface area contributed by atoms with Crippen LogP contribution >= 0.6 is 0 Å². The van der Waals surface area contributed by atoms with Crippen molar-refractivity contribution < 1.29 is 27.5 Å². The Kier molecular flexibility index (Phi) is 8.50. The predicted octanol–water partition coefficient (Wildman–Crippen LogP) is 2.56. The fourth-order valence-corrected chi connectivity index (χ4v) is 5.41. The molecule has 3 rings (SSSR count). The standard InChI is InChI=1S/C25H31N3O6S/c1-4-5-15-26-24(30)18(2)27(17-19-10-12-20(34-3)13-11-19)23(29)14-16-28-25(31)21-8-6-7-9-22(21)35(28,32)33/h6-13,18H,4-5,14-17H2,1-3H3,(H,26,30). The lowest BCUT2D eigenvalue weighted by atomic mass is 10.1. The van der Waals surface area contributed by atoms with Gasteiger partial charge in [0.1, 0.15) is 16.7 Å². The molecule has 35 heavy (non-hydrogen) atoms. The first kappa shape index (κ1) is 26.2. The van der Waals surface area contributed by atoms with Gasteiger partial charge in [-0.2, -0.15) is 0 Å². The Morgan fingerprint density at radius 3 is 2.43 bits per heavy atom. The molecular formula is C25H31N3O6S. The molecule has 0 aliphatic carbocycles. The SMILES string of the molecule is CCCCNC(=O)C(C)N(Cc1ccc(OC)cc1)C(=O)CCN1C(=O)c2ccccc2S1(=O)=O. The summed E-state index contributed by atoms with van der Waals surface area (Å²) in [5.41, 5.74) is 0.878. The first-order chi connectivity index (χ1) is 16.7. The van der Waals surface area contributed by atoms with Gasteiger partial charge in [0.15, 0.2) is 0 Å². The summed E-state index contributed by atoms with van der Waals surface area (Å²) >= 11 is 0. The highest BCUT2D eigenvalue weighted by Crippen LogP contribution is 2.30. The summed E-state index contributed by atoms with van der Waals surface area (Å²) in [6.07, 6.45) is 1.49. The Bertz CT molecular complexity index is 1180. The fraction of sp³-hybridized carbons (Fsp3) is 0.400. The molecule has 9 nitrogen and oxygen atoms in total. The normalized spacial score (nSPS) is 14.8. The number of hydrogen-bond acceptors (Lipinski definition) is 6. The zero-order chi connectivity index (χ0) is 25.6. The lowest BCUT2D eigenvalue weighted by Gasteiger charge is -2.29. The minimum absolute atomic E-state index is 0.0591. The van der Waals surface area contributed by atoms with E-state index in [4.69, 9.17) is 4.74 Å². The van der Waals surface area contributed by atoms with Crippen molar-refractivity contribution in [2.45, 2.75) is 50.6 Å². The number of rotatable bonds is 11. The van der Waals surface area contributed by atoms with Crippen molar-refractivity contribution in [3.05, 3.63) is 59.7 Å². The fourth-order valence-electron chi connectivity index (χ4n) is 3.84. The molecule has 10 heteroatoms. The Hall–Kier alpha value is -3.40. The second kappa shape index (κ2) is 11.4. The Morgan fingerprint density at radius 2 is 1.80 bits per heavy atom. The van der Waals surface area contributed by atoms with E-state index in [1.54, 1.807) is 50.4 Å². The molecule has 0 bridgehead atoms. The maximum Gasteiger partial charge on any atom is 0.269 e. The van der Waals surface area contributed by atoms with Gasteiger partial charge in [0.25, 0.3) is 15.9 Å². The molecule has 1 atom stereocenters. The summed E-state index contributed by atoms with van der Waals surface area (Å²) in [5, 5.41) is 2.84. The second-order valence-electron chi connectivity index (χ2n) is 8.32.